The summed E-state index contributed by atoms with van der Waals surface area (Å²) in [4.78, 5) is 12.8. The van der Waals surface area contributed by atoms with E-state index in [1.807, 2.05) is 17.5 Å². The first-order chi connectivity index (χ1) is 10.4. The molecule has 5 nitrogen and oxygen atoms in total. The molecule has 3 N–H and O–H groups in total. The summed E-state index contributed by atoms with van der Waals surface area (Å²) in [5.74, 6) is 0.393. The van der Waals surface area contributed by atoms with Crippen molar-refractivity contribution < 1.29 is 14.6 Å². The number of carbonyl (C=O) groups is 1. The quantitative estimate of drug-likeness (QED) is 0.780. The third-order valence-corrected chi connectivity index (χ3v) is 4.49. The van der Waals surface area contributed by atoms with Crippen molar-refractivity contribution in [3.8, 4) is 5.75 Å². The number of anilines is 1. The number of urea groups is 1. The summed E-state index contributed by atoms with van der Waals surface area (Å²) in [6.45, 7) is 1.74. The van der Waals surface area contributed by atoms with E-state index in [-0.39, 0.29) is 6.54 Å². The third-order valence-electron chi connectivity index (χ3n) is 3.06. The predicted molar refractivity (Wildman–Crippen MR) is 88.9 cm³/mol. The molecule has 0 radical (unpaired) electrons. The lowest BCUT2D eigenvalue weighted by atomic mass is 10.1. The number of para-hydroxylation sites is 1. The molecule has 2 amide bonds. The summed E-state index contributed by atoms with van der Waals surface area (Å²) < 4.78 is 5.16. The molecule has 0 aliphatic rings. The number of thiophene rings is 1. The Kier molecular flexibility index (Phi) is 5.28. The van der Waals surface area contributed by atoms with Crippen molar-refractivity contribution in [2.75, 3.05) is 19.0 Å². The Labute approximate surface area is 137 Å². The molecule has 0 bridgehead atoms. The van der Waals surface area contributed by atoms with Crippen LogP contribution in [-0.4, -0.2) is 24.8 Å². The highest BCUT2D eigenvalue weighted by Crippen LogP contribution is 2.32. The Bertz CT molecular complexity index is 644. The van der Waals surface area contributed by atoms with Gasteiger partial charge >= 0.3 is 6.03 Å². The number of hydrogen-bond donors (Lipinski definition) is 3. The first-order valence-corrected chi connectivity index (χ1v) is 7.83. The second-order valence-electron chi connectivity index (χ2n) is 4.88. The number of aliphatic hydroxyl groups is 1. The van der Waals surface area contributed by atoms with Gasteiger partial charge in [0.25, 0.3) is 0 Å². The van der Waals surface area contributed by atoms with Crippen LogP contribution < -0.4 is 15.4 Å². The van der Waals surface area contributed by atoms with Crippen LogP contribution in [0.5, 0.6) is 5.75 Å². The lowest BCUT2D eigenvalue weighted by Gasteiger charge is -2.22. The van der Waals surface area contributed by atoms with Crippen molar-refractivity contribution in [3.05, 3.63) is 45.6 Å². The number of methoxy groups -OCH3 is 1. The monoisotopic (exact) mass is 340 g/mol. The Morgan fingerprint density at radius 2 is 2.18 bits per heavy atom. The fraction of sp³-hybridized carbons (Fsp3) is 0.267. The Hall–Kier alpha value is -1.76. The summed E-state index contributed by atoms with van der Waals surface area (Å²) in [6.07, 6.45) is 0. The molecule has 1 aromatic heterocycles. The van der Waals surface area contributed by atoms with Crippen LogP contribution >= 0.6 is 22.9 Å². The summed E-state index contributed by atoms with van der Waals surface area (Å²) in [5, 5.41) is 17.9. The molecule has 1 heterocycles. The van der Waals surface area contributed by atoms with E-state index in [0.717, 1.165) is 4.88 Å². The van der Waals surface area contributed by atoms with Crippen LogP contribution in [0.15, 0.2) is 35.7 Å². The summed E-state index contributed by atoms with van der Waals surface area (Å²) >= 11 is 7.43. The Morgan fingerprint density at radius 1 is 1.41 bits per heavy atom. The molecule has 0 aliphatic carbocycles. The molecule has 0 saturated carbocycles. The van der Waals surface area contributed by atoms with Gasteiger partial charge in [0.2, 0.25) is 0 Å². The van der Waals surface area contributed by atoms with Crippen LogP contribution in [0.2, 0.25) is 5.02 Å². The molecule has 118 valence electrons. The van der Waals surface area contributed by atoms with E-state index in [1.165, 1.54) is 18.4 Å². The highest BCUT2D eigenvalue weighted by atomic mass is 35.5. The maximum absolute atomic E-state index is 12.0. The van der Waals surface area contributed by atoms with Crippen molar-refractivity contribution in [1.29, 1.82) is 0 Å². The highest BCUT2D eigenvalue weighted by Gasteiger charge is 2.25. The van der Waals surface area contributed by atoms with Gasteiger partial charge in [-0.3, -0.25) is 0 Å². The van der Waals surface area contributed by atoms with Crippen LogP contribution in [0, 0.1) is 0 Å². The molecule has 22 heavy (non-hydrogen) atoms. The van der Waals surface area contributed by atoms with Gasteiger partial charge < -0.3 is 20.5 Å². The minimum atomic E-state index is -1.12. The second kappa shape index (κ2) is 7.00. The van der Waals surface area contributed by atoms with Crippen molar-refractivity contribution in [2.45, 2.75) is 12.5 Å². The van der Waals surface area contributed by atoms with E-state index in [1.54, 1.807) is 25.1 Å². The first kappa shape index (κ1) is 16.6. The molecule has 0 aliphatic heterocycles. The minimum Gasteiger partial charge on any atom is -0.493 e. The number of amides is 2. The zero-order chi connectivity index (χ0) is 16.2. The van der Waals surface area contributed by atoms with Crippen molar-refractivity contribution in [3.63, 3.8) is 0 Å². The van der Waals surface area contributed by atoms with Gasteiger partial charge in [0, 0.05) is 4.88 Å². The topological polar surface area (TPSA) is 70.6 Å². The van der Waals surface area contributed by atoms with Crippen LogP contribution in [-0.2, 0) is 5.60 Å². The van der Waals surface area contributed by atoms with Gasteiger partial charge in [-0.25, -0.2) is 4.79 Å². The molecular formula is C15H17ClN2O3S. The lowest BCUT2D eigenvalue weighted by Crippen LogP contribution is -2.40. The van der Waals surface area contributed by atoms with Gasteiger partial charge in [-0.05, 0) is 30.5 Å². The van der Waals surface area contributed by atoms with E-state index in [4.69, 9.17) is 16.3 Å². The van der Waals surface area contributed by atoms with Gasteiger partial charge in [0.1, 0.15) is 5.60 Å². The molecule has 2 aromatic rings. The lowest BCUT2D eigenvalue weighted by molar-refractivity contribution is 0.0637. The number of rotatable bonds is 5. The number of nitrogens with one attached hydrogen (secondary N) is 2. The van der Waals surface area contributed by atoms with Crippen LogP contribution in [0.4, 0.5) is 10.5 Å². The summed E-state index contributed by atoms with van der Waals surface area (Å²) in [6, 6.07) is 8.29. The number of benzene rings is 1. The van der Waals surface area contributed by atoms with Gasteiger partial charge in [-0.2, -0.15) is 0 Å². The van der Waals surface area contributed by atoms with Gasteiger partial charge in [-0.15, -0.1) is 11.3 Å². The summed E-state index contributed by atoms with van der Waals surface area (Å²) in [5.41, 5.74) is -0.660. The second-order valence-corrected chi connectivity index (χ2v) is 6.23. The highest BCUT2D eigenvalue weighted by molar-refractivity contribution is 7.10. The molecule has 1 unspecified atom stereocenters. The number of hydrogen-bond acceptors (Lipinski definition) is 4. The standard InChI is InChI=1S/C15H17ClN2O3S/c1-15(20,12-7-4-8-22-12)9-17-14(19)18-11-6-3-5-10(16)13(11)21-2/h3-8,20H,9H2,1-2H3,(H2,17,18,19). The molecule has 0 fully saturated rings. The zero-order valence-electron chi connectivity index (χ0n) is 12.2. The molecule has 1 atom stereocenters. The first-order valence-electron chi connectivity index (χ1n) is 6.58. The van der Waals surface area contributed by atoms with Gasteiger partial charge in [0.15, 0.2) is 5.75 Å². The fourth-order valence-electron chi connectivity index (χ4n) is 1.91. The van der Waals surface area contributed by atoms with Gasteiger partial charge in [0.05, 0.1) is 24.4 Å². The maximum atomic E-state index is 12.0. The van der Waals surface area contributed by atoms with Crippen molar-refractivity contribution >= 4 is 34.7 Å². The predicted octanol–water partition coefficient (Wildman–Crippen LogP) is 3.44. The third kappa shape index (κ3) is 3.91. The minimum absolute atomic E-state index is 0.0855. The zero-order valence-corrected chi connectivity index (χ0v) is 13.8. The number of carbonyl (C=O) groups excluding carboxylic acids is 1. The normalized spacial score (nSPS) is 13.3. The molecular weight excluding hydrogens is 324 g/mol. The smallest absolute Gasteiger partial charge is 0.319 e. The fourth-order valence-corrected chi connectivity index (χ4v) is 2.94. The van der Waals surface area contributed by atoms with E-state index < -0.39 is 11.6 Å². The van der Waals surface area contributed by atoms with Crippen LogP contribution in [0.1, 0.15) is 11.8 Å². The molecule has 0 spiro atoms. The molecule has 0 saturated heterocycles. The number of ether oxygens (including phenoxy) is 1. The van der Waals surface area contributed by atoms with E-state index in [0.29, 0.717) is 16.5 Å². The maximum Gasteiger partial charge on any atom is 0.319 e. The van der Waals surface area contributed by atoms with Crippen molar-refractivity contribution in [2.24, 2.45) is 0 Å². The Morgan fingerprint density at radius 3 is 2.82 bits per heavy atom. The van der Waals surface area contributed by atoms with Crippen LogP contribution in [0.3, 0.4) is 0 Å². The Balaban J connectivity index is 1.98. The van der Waals surface area contributed by atoms with E-state index in [2.05, 4.69) is 10.6 Å². The average Bonchev–Trinajstić information content (AvgIpc) is 3.01. The van der Waals surface area contributed by atoms with Gasteiger partial charge in [-0.1, -0.05) is 23.7 Å². The van der Waals surface area contributed by atoms with E-state index in [9.17, 15) is 9.90 Å². The molecule has 7 heteroatoms. The van der Waals surface area contributed by atoms with Crippen molar-refractivity contribution in [1.82, 2.24) is 5.32 Å². The van der Waals surface area contributed by atoms with Crippen LogP contribution in [0.25, 0.3) is 0 Å². The molecule has 2 rings (SSSR count). The number of halogens is 1. The van der Waals surface area contributed by atoms with E-state index >= 15 is 0 Å². The average molecular weight is 341 g/mol. The SMILES string of the molecule is COc1c(Cl)cccc1NC(=O)NCC(C)(O)c1cccs1. The molecule has 1 aromatic carbocycles. The largest absolute Gasteiger partial charge is 0.493 e. The summed E-state index contributed by atoms with van der Waals surface area (Å²) in [7, 11) is 1.48.